The third-order valence-corrected chi connectivity index (χ3v) is 20.0. The molecule has 0 heterocycles. The summed E-state index contributed by atoms with van der Waals surface area (Å²) in [5.41, 5.74) is 20.0. The maximum Gasteiger partial charge on any atom is -1.00 e. The van der Waals surface area contributed by atoms with Crippen LogP contribution in [-0.4, -0.2) is 3.71 Å². The first-order valence-electron chi connectivity index (χ1n) is 17.7. The minimum atomic E-state index is -2.58. The van der Waals surface area contributed by atoms with Crippen molar-refractivity contribution >= 4 is 14.9 Å². The van der Waals surface area contributed by atoms with Gasteiger partial charge >= 0.3 is 288 Å². The van der Waals surface area contributed by atoms with Gasteiger partial charge in [0.2, 0.25) is 0 Å². The van der Waals surface area contributed by atoms with Crippen LogP contribution in [0.3, 0.4) is 0 Å². The molecular formula is C45H52Cl2Zr. The number of hydrogen-bond acceptors (Lipinski definition) is 0. The fraction of sp³-hybridized carbons (Fsp3) is 0.400. The quantitative estimate of drug-likeness (QED) is 0.230. The zero-order valence-electron chi connectivity index (χ0n) is 30.9. The third kappa shape index (κ3) is 5.73. The molecule has 0 saturated heterocycles. The molecule has 0 bridgehead atoms. The standard InChI is InChI=1S/C25H25.C13H21.C7H6.2ClH.Zr/c1-14-12-24(3,4)22-8-16-7-17-9-23-19(15(2)13-25(23,5)6)11-21(17)20(16)10-18(14)22;1-6-10-8-11(7-2)12(9-10)13(3,4)5;1-7-5-3-2-4-6-7;;;/h8-12H,7H2,1-6H3;9-10H,6-7H2,1-5H3;1-6H;2*1H;/q;;;;;+2/p-2. The van der Waals surface area contributed by atoms with Crippen LogP contribution in [0.4, 0.5) is 0 Å². The van der Waals surface area contributed by atoms with Crippen molar-refractivity contribution in [2.45, 2.75) is 106 Å². The van der Waals surface area contributed by atoms with Crippen LogP contribution < -0.4 is 24.8 Å². The first kappa shape index (κ1) is 37.2. The van der Waals surface area contributed by atoms with Crippen molar-refractivity contribution in [1.82, 2.24) is 0 Å². The van der Waals surface area contributed by atoms with Crippen molar-refractivity contribution in [2.24, 2.45) is 11.3 Å². The Balaban J connectivity index is 0.00000225. The second kappa shape index (κ2) is 12.9. The van der Waals surface area contributed by atoms with Crippen molar-refractivity contribution in [3.05, 3.63) is 123 Å². The van der Waals surface area contributed by atoms with Crippen LogP contribution in [0.25, 0.3) is 22.3 Å². The first-order valence-corrected chi connectivity index (χ1v) is 21.5. The monoisotopic (exact) mass is 752 g/mol. The van der Waals surface area contributed by atoms with Gasteiger partial charge in [-0.2, -0.15) is 0 Å². The zero-order valence-corrected chi connectivity index (χ0v) is 34.9. The van der Waals surface area contributed by atoms with Crippen LogP contribution in [0.2, 0.25) is 0 Å². The molecule has 0 fully saturated rings. The molecule has 250 valence electrons. The minimum Gasteiger partial charge on any atom is -1.00 e. The van der Waals surface area contributed by atoms with E-state index < -0.39 is 21.3 Å². The van der Waals surface area contributed by atoms with Crippen molar-refractivity contribution in [3.63, 3.8) is 0 Å². The van der Waals surface area contributed by atoms with Crippen LogP contribution in [0.15, 0.2) is 84.5 Å². The predicted molar refractivity (Wildman–Crippen MR) is 197 cm³/mol. The van der Waals surface area contributed by atoms with Crippen LogP contribution in [0.5, 0.6) is 0 Å². The fourth-order valence-electron chi connectivity index (χ4n) is 9.47. The van der Waals surface area contributed by atoms with Crippen LogP contribution in [0, 0.1) is 11.3 Å². The van der Waals surface area contributed by atoms with Crippen molar-refractivity contribution in [1.29, 1.82) is 0 Å². The topological polar surface area (TPSA) is 0 Å². The van der Waals surface area contributed by atoms with E-state index in [1.807, 2.05) is 3.28 Å². The molecule has 1 atom stereocenters. The fourth-order valence-corrected chi connectivity index (χ4v) is 18.7. The molecule has 0 aromatic heterocycles. The second-order valence-electron chi connectivity index (χ2n) is 16.5. The largest absolute Gasteiger partial charge is 1.00 e. The summed E-state index contributed by atoms with van der Waals surface area (Å²) in [6.07, 6.45) is 8.50. The van der Waals surface area contributed by atoms with Gasteiger partial charge in [-0.15, -0.1) is 0 Å². The van der Waals surface area contributed by atoms with E-state index in [-0.39, 0.29) is 41.1 Å². The molecule has 0 spiro atoms. The summed E-state index contributed by atoms with van der Waals surface area (Å²) < 4.78 is 6.43. The molecule has 0 radical (unpaired) electrons. The van der Waals surface area contributed by atoms with Gasteiger partial charge in [-0.1, -0.05) is 0 Å². The average molecular weight is 755 g/mol. The van der Waals surface area contributed by atoms with E-state index in [9.17, 15) is 0 Å². The average Bonchev–Trinajstić information content (AvgIpc) is 3.67. The van der Waals surface area contributed by atoms with Gasteiger partial charge in [-0.3, -0.25) is 0 Å². The smallest absolute Gasteiger partial charge is 1.00 e. The number of fused-ring (bicyclic) bond motifs is 5. The van der Waals surface area contributed by atoms with Gasteiger partial charge in [0.05, 0.1) is 0 Å². The van der Waals surface area contributed by atoms with Gasteiger partial charge in [0.1, 0.15) is 0 Å². The van der Waals surface area contributed by atoms with E-state index in [1.54, 1.807) is 25.6 Å². The molecular weight excluding hydrogens is 703 g/mol. The van der Waals surface area contributed by atoms with Gasteiger partial charge < -0.3 is 24.8 Å². The Kier molecular flexibility index (Phi) is 10.0. The van der Waals surface area contributed by atoms with Gasteiger partial charge in [0.25, 0.3) is 0 Å². The number of rotatable bonds is 5. The normalized spacial score (nSPS) is 19.7. The Morgan fingerprint density at radius 3 is 2.00 bits per heavy atom. The van der Waals surface area contributed by atoms with Crippen LogP contribution >= 0.6 is 0 Å². The van der Waals surface area contributed by atoms with Gasteiger partial charge in [-0.05, 0) is 0 Å². The maximum absolute atomic E-state index is 2.80. The number of benzene rings is 3. The summed E-state index contributed by atoms with van der Waals surface area (Å²) in [5, 5.41) is 0. The Morgan fingerprint density at radius 2 is 1.42 bits per heavy atom. The summed E-state index contributed by atoms with van der Waals surface area (Å²) in [5.74, 6) is 0.554. The van der Waals surface area contributed by atoms with Crippen molar-refractivity contribution in [2.75, 3.05) is 0 Å². The maximum atomic E-state index is 2.80. The minimum absolute atomic E-state index is 0. The van der Waals surface area contributed by atoms with Crippen molar-refractivity contribution < 1.29 is 46.1 Å². The summed E-state index contributed by atoms with van der Waals surface area (Å²) in [7, 11) is 0. The summed E-state index contributed by atoms with van der Waals surface area (Å²) >= 11 is -2.58. The molecule has 4 aliphatic rings. The Labute approximate surface area is 310 Å². The molecule has 3 aromatic carbocycles. The van der Waals surface area contributed by atoms with Crippen molar-refractivity contribution in [3.8, 4) is 11.1 Å². The summed E-state index contributed by atoms with van der Waals surface area (Å²) in [6, 6.07) is 21.6. The van der Waals surface area contributed by atoms with E-state index in [4.69, 9.17) is 0 Å². The van der Waals surface area contributed by atoms with E-state index in [0.717, 1.165) is 12.8 Å². The van der Waals surface area contributed by atoms with Gasteiger partial charge in [0, 0.05) is 0 Å². The molecule has 7 rings (SSSR count). The van der Waals surface area contributed by atoms with E-state index in [1.165, 1.54) is 56.5 Å². The molecule has 48 heavy (non-hydrogen) atoms. The molecule has 0 aliphatic heterocycles. The van der Waals surface area contributed by atoms with Crippen LogP contribution in [0.1, 0.15) is 128 Å². The second-order valence-corrected chi connectivity index (χ2v) is 21.8. The van der Waals surface area contributed by atoms with Crippen LogP contribution in [-0.2, 0) is 38.5 Å². The van der Waals surface area contributed by atoms with Gasteiger partial charge in [-0.25, -0.2) is 0 Å². The van der Waals surface area contributed by atoms with E-state index in [2.05, 4.69) is 147 Å². The number of allylic oxidation sites excluding steroid dienone is 8. The molecule has 0 nitrogen and oxygen atoms in total. The molecule has 1 unspecified atom stereocenters. The summed E-state index contributed by atoms with van der Waals surface area (Å²) in [4.78, 5) is 0. The zero-order chi connectivity index (χ0) is 32.9. The Bertz CT molecular complexity index is 1970. The Hall–Kier alpha value is -2.05. The van der Waals surface area contributed by atoms with E-state index >= 15 is 0 Å². The molecule has 4 aliphatic carbocycles. The SMILES string of the molecule is CCC1=[C]([Zr+2](=[CH]c2ccccc2)[C]2=C(C)c3cc4c(cc3C2(C)C)Cc2cc3c(cc2-4)C(C)=CC3(C)C)C(CC)C=C1C(C)(C)C.[Cl-].[Cl-]. The predicted octanol–water partition coefficient (Wildman–Crippen LogP) is 6.13. The molecule has 0 N–H and O–H groups in total. The number of halogens is 2. The van der Waals surface area contributed by atoms with Gasteiger partial charge in [0.15, 0.2) is 0 Å². The van der Waals surface area contributed by atoms with E-state index in [0.29, 0.717) is 5.92 Å². The number of hydrogen-bond donors (Lipinski definition) is 0. The first-order chi connectivity index (χ1) is 21.7. The Morgan fingerprint density at radius 1 is 0.812 bits per heavy atom. The summed E-state index contributed by atoms with van der Waals surface area (Å²) in [6.45, 7) is 26.7. The molecule has 3 aromatic rings. The third-order valence-electron chi connectivity index (χ3n) is 11.6. The molecule has 3 heteroatoms. The molecule has 0 amide bonds. The molecule has 0 saturated carbocycles.